The lowest BCUT2D eigenvalue weighted by Gasteiger charge is -2.21. The maximum Gasteiger partial charge on any atom is 0.359 e. The molecular weight excluding hydrogens is 285 g/mol. The number of benzene rings is 2. The third-order valence-corrected chi connectivity index (χ3v) is 3.52. The van der Waals surface area contributed by atoms with Crippen LogP contribution in [0.1, 0.15) is 11.1 Å². The van der Waals surface area contributed by atoms with E-state index in [0.717, 1.165) is 0 Å². The monoisotopic (exact) mass is 299 g/mol. The number of hydrogen-bond acceptors (Lipinski definition) is 4. The molecule has 1 atom stereocenters. The minimum Gasteiger partial charge on any atom is -0.497 e. The van der Waals surface area contributed by atoms with Gasteiger partial charge in [0.05, 0.1) is 7.11 Å². The fourth-order valence-corrected chi connectivity index (χ4v) is 2.34. The molecule has 0 fully saturated rings. The van der Waals surface area contributed by atoms with Gasteiger partial charge >= 0.3 is 5.97 Å². The van der Waals surface area contributed by atoms with Gasteiger partial charge in [0.25, 0.3) is 5.72 Å². The molecule has 112 valence electrons. The van der Waals surface area contributed by atoms with Crippen molar-refractivity contribution in [1.29, 1.82) is 0 Å². The topological polar surface area (TPSA) is 47.9 Å². The van der Waals surface area contributed by atoms with Gasteiger partial charge in [-0.3, -0.25) is 0 Å². The average Bonchev–Trinajstić information content (AvgIpc) is 2.94. The van der Waals surface area contributed by atoms with Crippen LogP contribution in [0.4, 0.5) is 4.39 Å². The first-order valence-corrected chi connectivity index (χ1v) is 6.77. The lowest BCUT2D eigenvalue weighted by molar-refractivity contribution is -0.148. The van der Waals surface area contributed by atoms with Gasteiger partial charge in [-0.25, -0.2) is 14.2 Å². The van der Waals surface area contributed by atoms with Gasteiger partial charge in [0.2, 0.25) is 0 Å². The Morgan fingerprint density at radius 1 is 1.14 bits per heavy atom. The summed E-state index contributed by atoms with van der Waals surface area (Å²) in [5.41, 5.74) is -0.399. The van der Waals surface area contributed by atoms with E-state index in [4.69, 9.17) is 9.47 Å². The molecule has 3 rings (SSSR count). The zero-order valence-corrected chi connectivity index (χ0v) is 12.0. The molecule has 2 aromatic rings. The van der Waals surface area contributed by atoms with Crippen LogP contribution >= 0.6 is 0 Å². The summed E-state index contributed by atoms with van der Waals surface area (Å²) in [6.45, 7) is -0.914. The van der Waals surface area contributed by atoms with Crippen molar-refractivity contribution in [1.82, 2.24) is 0 Å². The van der Waals surface area contributed by atoms with Crippen molar-refractivity contribution < 1.29 is 18.7 Å². The third-order valence-electron chi connectivity index (χ3n) is 3.52. The van der Waals surface area contributed by atoms with Gasteiger partial charge in [0.15, 0.2) is 12.4 Å². The van der Waals surface area contributed by atoms with Crippen LogP contribution in [-0.2, 0) is 15.3 Å². The van der Waals surface area contributed by atoms with Gasteiger partial charge in [-0.1, -0.05) is 30.3 Å². The molecule has 0 aliphatic carbocycles. The smallest absolute Gasteiger partial charge is 0.359 e. The van der Waals surface area contributed by atoms with Crippen LogP contribution in [0.2, 0.25) is 0 Å². The summed E-state index contributed by atoms with van der Waals surface area (Å²) in [5, 5.41) is 0. The first-order chi connectivity index (χ1) is 10.7. The van der Waals surface area contributed by atoms with Crippen molar-refractivity contribution in [3.8, 4) is 5.75 Å². The molecule has 22 heavy (non-hydrogen) atoms. The van der Waals surface area contributed by atoms with Crippen LogP contribution in [0.5, 0.6) is 5.75 Å². The number of carbonyl (C=O) groups is 1. The summed E-state index contributed by atoms with van der Waals surface area (Å²) in [4.78, 5) is 16.4. The van der Waals surface area contributed by atoms with Crippen molar-refractivity contribution in [2.24, 2.45) is 4.99 Å². The van der Waals surface area contributed by atoms with Gasteiger partial charge in [-0.2, -0.15) is 0 Å². The van der Waals surface area contributed by atoms with E-state index in [-0.39, 0.29) is 5.71 Å². The van der Waals surface area contributed by atoms with E-state index in [1.165, 1.54) is 0 Å². The van der Waals surface area contributed by atoms with Crippen molar-refractivity contribution in [2.45, 2.75) is 5.72 Å². The highest BCUT2D eigenvalue weighted by molar-refractivity contribution is 6.44. The van der Waals surface area contributed by atoms with E-state index < -0.39 is 18.4 Å². The molecule has 1 unspecified atom stereocenters. The number of aliphatic imine (C=N–C) groups is 1. The van der Waals surface area contributed by atoms with Crippen molar-refractivity contribution in [2.75, 3.05) is 13.8 Å². The Morgan fingerprint density at radius 3 is 2.41 bits per heavy atom. The Hall–Kier alpha value is -2.69. The molecule has 4 nitrogen and oxygen atoms in total. The predicted molar refractivity (Wildman–Crippen MR) is 79.7 cm³/mol. The second-order valence-corrected chi connectivity index (χ2v) is 4.86. The first-order valence-electron chi connectivity index (χ1n) is 6.77. The van der Waals surface area contributed by atoms with Gasteiger partial charge in [0.1, 0.15) is 5.75 Å². The van der Waals surface area contributed by atoms with Crippen LogP contribution in [0.3, 0.4) is 0 Å². The van der Waals surface area contributed by atoms with E-state index in [1.807, 2.05) is 0 Å². The molecular formula is C17H14FNO3. The third kappa shape index (κ3) is 2.35. The Kier molecular flexibility index (Phi) is 3.63. The summed E-state index contributed by atoms with van der Waals surface area (Å²) in [6.07, 6.45) is 0. The fraction of sp³-hybridized carbons (Fsp3) is 0.176. The number of methoxy groups -OCH3 is 1. The molecule has 1 aliphatic heterocycles. The number of nitrogens with zero attached hydrogens (tertiary/aromatic N) is 1. The van der Waals surface area contributed by atoms with Gasteiger partial charge in [0, 0.05) is 11.1 Å². The van der Waals surface area contributed by atoms with Crippen molar-refractivity contribution >= 4 is 11.7 Å². The maximum absolute atomic E-state index is 13.6. The molecule has 0 saturated carbocycles. The summed E-state index contributed by atoms with van der Waals surface area (Å²) in [6, 6.07) is 15.5. The molecule has 5 heteroatoms. The van der Waals surface area contributed by atoms with Crippen LogP contribution in [0.25, 0.3) is 0 Å². The van der Waals surface area contributed by atoms with Gasteiger partial charge in [-0.05, 0) is 24.3 Å². The minimum absolute atomic E-state index is 0.115. The van der Waals surface area contributed by atoms with Crippen LogP contribution in [0, 0.1) is 0 Å². The summed E-state index contributed by atoms with van der Waals surface area (Å²) in [7, 11) is 1.56. The lowest BCUT2D eigenvalue weighted by atomic mass is 10.0. The van der Waals surface area contributed by atoms with E-state index in [0.29, 0.717) is 16.9 Å². The van der Waals surface area contributed by atoms with Crippen molar-refractivity contribution in [3.05, 3.63) is 65.7 Å². The quantitative estimate of drug-likeness (QED) is 0.816. The molecule has 0 bridgehead atoms. The number of esters is 1. The summed E-state index contributed by atoms with van der Waals surface area (Å²) in [5.74, 6) is 0.0298. The second kappa shape index (κ2) is 5.60. The Morgan fingerprint density at radius 2 is 1.82 bits per heavy atom. The predicted octanol–water partition coefficient (Wildman–Crippen LogP) is 2.86. The van der Waals surface area contributed by atoms with Gasteiger partial charge < -0.3 is 9.47 Å². The molecule has 0 N–H and O–H groups in total. The van der Waals surface area contributed by atoms with Crippen molar-refractivity contribution in [3.63, 3.8) is 0 Å². The Bertz CT molecular complexity index is 712. The second-order valence-electron chi connectivity index (χ2n) is 4.86. The number of cyclic esters (lactones) is 1. The number of ether oxygens (including phenoxy) is 2. The molecule has 1 heterocycles. The highest BCUT2D eigenvalue weighted by Gasteiger charge is 2.44. The maximum atomic E-state index is 13.6. The number of carbonyl (C=O) groups excluding carboxylic acids is 1. The van der Waals surface area contributed by atoms with Gasteiger partial charge in [-0.15, -0.1) is 0 Å². The molecule has 2 aromatic carbocycles. The van der Waals surface area contributed by atoms with Crippen LogP contribution in [0.15, 0.2) is 59.6 Å². The zero-order valence-electron chi connectivity index (χ0n) is 12.0. The molecule has 0 saturated heterocycles. The largest absolute Gasteiger partial charge is 0.497 e. The molecule has 1 aliphatic rings. The normalized spacial score (nSPS) is 20.5. The number of rotatable bonds is 4. The summed E-state index contributed by atoms with van der Waals surface area (Å²) < 4.78 is 23.9. The van der Waals surface area contributed by atoms with E-state index in [9.17, 15) is 9.18 Å². The van der Waals surface area contributed by atoms with E-state index in [1.54, 1.807) is 61.7 Å². The van der Waals surface area contributed by atoms with Crippen LogP contribution in [-0.4, -0.2) is 25.5 Å². The van der Waals surface area contributed by atoms with E-state index >= 15 is 0 Å². The number of hydrogen-bond donors (Lipinski definition) is 0. The SMILES string of the molecule is COc1ccc(C2=NC(CF)(c3ccccc3)OC2=O)cc1. The number of alkyl halides is 1. The molecule has 0 aromatic heterocycles. The summed E-state index contributed by atoms with van der Waals surface area (Å²) >= 11 is 0. The minimum atomic E-state index is -1.59. The first kappa shape index (κ1) is 14.3. The average molecular weight is 299 g/mol. The fourth-order valence-electron chi connectivity index (χ4n) is 2.34. The Balaban J connectivity index is 2.02. The highest BCUT2D eigenvalue weighted by atomic mass is 19.1. The molecule has 0 spiro atoms. The van der Waals surface area contributed by atoms with Crippen LogP contribution < -0.4 is 4.74 Å². The lowest BCUT2D eigenvalue weighted by Crippen LogP contribution is -2.27. The molecule has 0 amide bonds. The number of halogens is 1. The standard InChI is InChI=1S/C17H14FNO3/c1-21-14-9-7-12(8-10-14)15-16(20)22-17(11-18,19-15)13-5-3-2-4-6-13/h2-10H,11H2,1H3. The highest BCUT2D eigenvalue weighted by Crippen LogP contribution is 2.34. The molecule has 0 radical (unpaired) electrons. The zero-order chi connectivity index (χ0) is 15.6. The Labute approximate surface area is 127 Å². The van der Waals surface area contributed by atoms with E-state index in [2.05, 4.69) is 4.99 Å².